The molecule has 9 nitrogen and oxygen atoms in total. The molecule has 1 aliphatic heterocycles. The van der Waals surface area contributed by atoms with Crippen LogP contribution in [0.2, 0.25) is 0 Å². The molecule has 0 saturated carbocycles. The lowest BCUT2D eigenvalue weighted by Gasteiger charge is -2.33. The van der Waals surface area contributed by atoms with Crippen molar-refractivity contribution >= 4 is 5.91 Å². The molecule has 1 amide bonds. The molecular formula is C20H23N7O2. The van der Waals surface area contributed by atoms with Crippen LogP contribution in [0.5, 0.6) is 0 Å². The summed E-state index contributed by atoms with van der Waals surface area (Å²) in [6.45, 7) is 0.661. The summed E-state index contributed by atoms with van der Waals surface area (Å²) in [5, 5.41) is 8.62. The van der Waals surface area contributed by atoms with Gasteiger partial charge in [0, 0.05) is 37.2 Å². The van der Waals surface area contributed by atoms with Gasteiger partial charge in [0.2, 0.25) is 17.5 Å². The minimum atomic E-state index is -0.248. The molecule has 3 aromatic heterocycles. The molecule has 29 heavy (non-hydrogen) atoms. The van der Waals surface area contributed by atoms with Gasteiger partial charge in [-0.2, -0.15) is 10.1 Å². The first-order valence-corrected chi connectivity index (χ1v) is 10.2. The summed E-state index contributed by atoms with van der Waals surface area (Å²) in [6.07, 6.45) is 10.2. The fourth-order valence-corrected chi connectivity index (χ4v) is 4.39. The van der Waals surface area contributed by atoms with Gasteiger partial charge in [-0.3, -0.25) is 9.48 Å². The third-order valence-electron chi connectivity index (χ3n) is 5.82. The largest absolute Gasteiger partial charge is 0.337 e. The van der Waals surface area contributed by atoms with Crippen LogP contribution in [-0.4, -0.2) is 47.2 Å². The Morgan fingerprint density at radius 2 is 1.93 bits per heavy atom. The Bertz CT molecular complexity index is 1030. The molecule has 0 radical (unpaired) electrons. The Kier molecular flexibility index (Phi) is 4.57. The maximum Gasteiger partial charge on any atom is 0.275 e. The van der Waals surface area contributed by atoms with Gasteiger partial charge in [0.25, 0.3) is 5.91 Å². The fourth-order valence-electron chi connectivity index (χ4n) is 4.39. The van der Waals surface area contributed by atoms with Crippen LogP contribution in [0.15, 0.2) is 23.0 Å². The van der Waals surface area contributed by atoms with Crippen molar-refractivity contribution in [1.82, 2.24) is 34.8 Å². The van der Waals surface area contributed by atoms with Gasteiger partial charge < -0.3 is 9.42 Å². The zero-order valence-corrected chi connectivity index (χ0v) is 16.4. The molecular weight excluding hydrogens is 370 g/mol. The number of aromatic nitrogens is 6. The van der Waals surface area contributed by atoms with Crippen molar-refractivity contribution in [3.05, 3.63) is 41.3 Å². The zero-order chi connectivity index (χ0) is 19.8. The van der Waals surface area contributed by atoms with Crippen molar-refractivity contribution in [1.29, 1.82) is 0 Å². The molecule has 1 fully saturated rings. The molecule has 0 aromatic carbocycles. The Balaban J connectivity index is 1.45. The molecule has 4 heterocycles. The molecule has 5 rings (SSSR count). The lowest BCUT2D eigenvalue weighted by Crippen LogP contribution is -2.39. The number of hydrogen-bond acceptors (Lipinski definition) is 7. The summed E-state index contributed by atoms with van der Waals surface area (Å²) in [6, 6.07) is 1.49. The monoisotopic (exact) mass is 393 g/mol. The topological polar surface area (TPSA) is 103 Å². The van der Waals surface area contributed by atoms with Crippen molar-refractivity contribution in [2.24, 2.45) is 7.05 Å². The molecule has 1 atom stereocenters. The molecule has 150 valence electrons. The predicted octanol–water partition coefficient (Wildman–Crippen LogP) is 2.51. The maximum absolute atomic E-state index is 13.5. The van der Waals surface area contributed by atoms with E-state index in [1.807, 2.05) is 16.6 Å². The van der Waals surface area contributed by atoms with Crippen LogP contribution in [-0.2, 0) is 19.9 Å². The lowest BCUT2D eigenvalue weighted by molar-refractivity contribution is 0.0553. The Morgan fingerprint density at radius 1 is 1.10 bits per heavy atom. The second kappa shape index (κ2) is 7.38. The number of rotatable bonds is 3. The first kappa shape index (κ1) is 18.0. The van der Waals surface area contributed by atoms with Crippen LogP contribution in [0.25, 0.3) is 11.6 Å². The highest BCUT2D eigenvalue weighted by atomic mass is 16.5. The van der Waals surface area contributed by atoms with Crippen molar-refractivity contribution in [2.45, 2.75) is 51.0 Å². The van der Waals surface area contributed by atoms with Gasteiger partial charge in [0.1, 0.15) is 6.04 Å². The third kappa shape index (κ3) is 3.20. The van der Waals surface area contributed by atoms with E-state index in [0.717, 1.165) is 50.5 Å². The van der Waals surface area contributed by atoms with E-state index in [1.54, 1.807) is 18.5 Å². The molecule has 0 unspecified atom stereocenters. The second-order valence-electron chi connectivity index (χ2n) is 7.64. The Morgan fingerprint density at radius 3 is 2.79 bits per heavy atom. The van der Waals surface area contributed by atoms with Crippen molar-refractivity contribution in [3.8, 4) is 11.6 Å². The van der Waals surface area contributed by atoms with Crippen LogP contribution in [0.3, 0.4) is 0 Å². The number of piperidine rings is 1. The standard InChI is InChI=1S/C20H23N7O2/c1-26-14-8-3-2-7-13(14)16(24-26)20(28)27-12-5-4-9-15(27)19-23-18(25-29-19)17-21-10-6-11-22-17/h6,10-11,15H,2-5,7-9,12H2,1H3/t15-/m0/s1. The van der Waals surface area contributed by atoms with E-state index in [1.165, 1.54) is 5.69 Å². The van der Waals surface area contributed by atoms with E-state index in [-0.39, 0.29) is 11.9 Å². The number of hydrogen-bond donors (Lipinski definition) is 0. The van der Waals surface area contributed by atoms with Crippen LogP contribution in [0, 0.1) is 0 Å². The summed E-state index contributed by atoms with van der Waals surface area (Å²) in [7, 11) is 1.93. The minimum Gasteiger partial charge on any atom is -0.337 e. The molecule has 0 bridgehead atoms. The van der Waals surface area contributed by atoms with Crippen molar-refractivity contribution < 1.29 is 9.32 Å². The average molecular weight is 393 g/mol. The lowest BCUT2D eigenvalue weighted by atomic mass is 9.94. The van der Waals surface area contributed by atoms with E-state index in [2.05, 4.69) is 25.2 Å². The average Bonchev–Trinajstić information content (AvgIpc) is 3.40. The van der Waals surface area contributed by atoms with Crippen molar-refractivity contribution in [2.75, 3.05) is 6.54 Å². The summed E-state index contributed by atoms with van der Waals surface area (Å²) >= 11 is 0. The smallest absolute Gasteiger partial charge is 0.275 e. The summed E-state index contributed by atoms with van der Waals surface area (Å²) in [5.41, 5.74) is 2.88. The number of fused-ring (bicyclic) bond motifs is 1. The third-order valence-corrected chi connectivity index (χ3v) is 5.82. The normalized spacial score (nSPS) is 19.2. The number of nitrogens with zero attached hydrogens (tertiary/aromatic N) is 7. The molecule has 1 aliphatic carbocycles. The van der Waals surface area contributed by atoms with Crippen LogP contribution in [0.4, 0.5) is 0 Å². The summed E-state index contributed by atoms with van der Waals surface area (Å²) < 4.78 is 7.41. The Labute approximate surface area is 168 Å². The molecule has 2 aliphatic rings. The number of amides is 1. The second-order valence-corrected chi connectivity index (χ2v) is 7.64. The minimum absolute atomic E-state index is 0.0378. The van der Waals surface area contributed by atoms with Gasteiger partial charge >= 0.3 is 0 Å². The highest BCUT2D eigenvalue weighted by Crippen LogP contribution is 2.33. The molecule has 9 heteroatoms. The first-order valence-electron chi connectivity index (χ1n) is 10.2. The summed E-state index contributed by atoms with van der Waals surface area (Å²) in [4.78, 5) is 28.2. The molecule has 0 N–H and O–H groups in total. The number of likely N-dealkylation sites (tertiary alicyclic amines) is 1. The summed E-state index contributed by atoms with van der Waals surface area (Å²) in [5.74, 6) is 1.15. The van der Waals surface area contributed by atoms with Gasteiger partial charge in [-0.25, -0.2) is 9.97 Å². The van der Waals surface area contributed by atoms with Gasteiger partial charge in [0.05, 0.1) is 0 Å². The maximum atomic E-state index is 13.5. The predicted molar refractivity (Wildman–Crippen MR) is 103 cm³/mol. The van der Waals surface area contributed by atoms with E-state index < -0.39 is 0 Å². The van der Waals surface area contributed by atoms with Gasteiger partial charge in [0.15, 0.2) is 5.69 Å². The van der Waals surface area contributed by atoms with Gasteiger partial charge in [-0.05, 0) is 51.0 Å². The molecule has 0 spiro atoms. The van der Waals surface area contributed by atoms with Crippen LogP contribution >= 0.6 is 0 Å². The number of carbonyl (C=O) groups excluding carboxylic acids is 1. The van der Waals surface area contributed by atoms with Gasteiger partial charge in [-0.1, -0.05) is 5.16 Å². The molecule has 3 aromatic rings. The number of carbonyl (C=O) groups is 1. The quantitative estimate of drug-likeness (QED) is 0.673. The highest BCUT2D eigenvalue weighted by Gasteiger charge is 2.36. The van der Waals surface area contributed by atoms with E-state index >= 15 is 0 Å². The molecule has 1 saturated heterocycles. The Hall–Kier alpha value is -3.10. The van der Waals surface area contributed by atoms with Crippen LogP contribution in [0.1, 0.15) is 65.8 Å². The van der Waals surface area contributed by atoms with E-state index in [4.69, 9.17) is 4.52 Å². The van der Waals surface area contributed by atoms with Gasteiger partial charge in [-0.15, -0.1) is 0 Å². The first-order chi connectivity index (χ1) is 14.2. The fraction of sp³-hybridized carbons (Fsp3) is 0.500. The van der Waals surface area contributed by atoms with E-state index in [9.17, 15) is 4.79 Å². The highest BCUT2D eigenvalue weighted by molar-refractivity contribution is 5.94. The van der Waals surface area contributed by atoms with Crippen LogP contribution < -0.4 is 0 Å². The number of aryl methyl sites for hydroxylation is 1. The SMILES string of the molecule is Cn1nc(C(=O)N2CCCC[C@H]2c2nc(-c3ncccn3)no2)c2c1CCCC2. The van der Waals surface area contributed by atoms with Crippen molar-refractivity contribution in [3.63, 3.8) is 0 Å². The van der Waals surface area contributed by atoms with E-state index in [0.29, 0.717) is 29.8 Å². The zero-order valence-electron chi connectivity index (χ0n) is 16.4.